The van der Waals surface area contributed by atoms with Gasteiger partial charge in [-0.3, -0.25) is 4.79 Å². The molecule has 0 aliphatic heterocycles. The molecule has 0 fully saturated rings. The van der Waals surface area contributed by atoms with Gasteiger partial charge in [0.05, 0.1) is 13.0 Å². The van der Waals surface area contributed by atoms with Crippen LogP contribution in [0.4, 0.5) is 14.6 Å². The Kier molecular flexibility index (Phi) is 5.02. The van der Waals surface area contributed by atoms with E-state index in [0.29, 0.717) is 0 Å². The van der Waals surface area contributed by atoms with E-state index in [1.807, 2.05) is 0 Å². The SMILES string of the molecule is CCOC(=O)Cc1c(C#N)cnc([N+](=O)[O-])c1C(F)F. The molecule has 9 heteroatoms. The van der Waals surface area contributed by atoms with Crippen molar-refractivity contribution in [1.29, 1.82) is 5.26 Å². The van der Waals surface area contributed by atoms with E-state index in [4.69, 9.17) is 5.26 Å². The first-order valence-corrected chi connectivity index (χ1v) is 5.42. The Morgan fingerprint density at radius 3 is 2.75 bits per heavy atom. The highest BCUT2D eigenvalue weighted by Crippen LogP contribution is 2.32. The second-order valence-electron chi connectivity index (χ2n) is 3.54. The average Bonchev–Trinajstić information content (AvgIpc) is 2.37. The van der Waals surface area contributed by atoms with E-state index >= 15 is 0 Å². The molecular formula is C11H9F2N3O4. The lowest BCUT2D eigenvalue weighted by molar-refractivity contribution is -0.391. The fourth-order valence-corrected chi connectivity index (χ4v) is 1.57. The normalized spacial score (nSPS) is 10.2. The van der Waals surface area contributed by atoms with Crippen LogP contribution in [-0.2, 0) is 16.0 Å². The maximum absolute atomic E-state index is 13.0. The van der Waals surface area contributed by atoms with Crippen LogP contribution in [0.25, 0.3) is 0 Å². The molecule has 0 saturated carbocycles. The number of nitro groups is 1. The molecule has 1 rings (SSSR count). The third kappa shape index (κ3) is 3.23. The maximum Gasteiger partial charge on any atom is 0.372 e. The molecule has 0 unspecified atom stereocenters. The number of halogens is 2. The molecule has 0 amide bonds. The Balaban J connectivity index is 3.43. The molecule has 20 heavy (non-hydrogen) atoms. The van der Waals surface area contributed by atoms with Gasteiger partial charge in [-0.25, -0.2) is 8.78 Å². The number of ether oxygens (including phenoxy) is 1. The van der Waals surface area contributed by atoms with Crippen molar-refractivity contribution in [1.82, 2.24) is 4.98 Å². The standard InChI is InChI=1S/C11H9F2N3O4/c1-2-20-8(17)3-7-6(4-14)5-15-11(16(18)19)9(7)10(12)13/h5,10H,2-3H2,1H3. The van der Waals surface area contributed by atoms with Crippen molar-refractivity contribution in [3.8, 4) is 6.07 Å². The van der Waals surface area contributed by atoms with Crippen LogP contribution in [0.2, 0.25) is 0 Å². The Bertz CT molecular complexity index is 584. The van der Waals surface area contributed by atoms with Gasteiger partial charge in [0.15, 0.2) is 6.20 Å². The van der Waals surface area contributed by atoms with Gasteiger partial charge in [-0.2, -0.15) is 5.26 Å². The van der Waals surface area contributed by atoms with E-state index in [1.54, 1.807) is 6.07 Å². The van der Waals surface area contributed by atoms with Crippen LogP contribution in [0.3, 0.4) is 0 Å². The number of nitrogens with zero attached hydrogens (tertiary/aromatic N) is 3. The molecule has 0 bridgehead atoms. The van der Waals surface area contributed by atoms with Crippen molar-refractivity contribution in [3.05, 3.63) is 33.0 Å². The zero-order valence-electron chi connectivity index (χ0n) is 10.3. The second kappa shape index (κ2) is 6.51. The number of hydrogen-bond acceptors (Lipinski definition) is 6. The van der Waals surface area contributed by atoms with Gasteiger partial charge < -0.3 is 14.9 Å². The molecule has 0 N–H and O–H groups in total. The van der Waals surface area contributed by atoms with Crippen molar-refractivity contribution < 1.29 is 23.2 Å². The summed E-state index contributed by atoms with van der Waals surface area (Å²) in [6.07, 6.45) is -3.10. The summed E-state index contributed by atoms with van der Waals surface area (Å²) < 4.78 is 30.6. The Labute approximate surface area is 111 Å². The average molecular weight is 285 g/mol. The number of carbonyl (C=O) groups excluding carboxylic acids is 1. The quantitative estimate of drug-likeness (QED) is 0.464. The van der Waals surface area contributed by atoms with Crippen molar-refractivity contribution >= 4 is 11.8 Å². The summed E-state index contributed by atoms with van der Waals surface area (Å²) >= 11 is 0. The lowest BCUT2D eigenvalue weighted by Crippen LogP contribution is -2.13. The molecule has 0 saturated heterocycles. The van der Waals surface area contributed by atoms with Gasteiger partial charge in [0.1, 0.15) is 17.2 Å². The minimum Gasteiger partial charge on any atom is -0.466 e. The molecule has 1 heterocycles. The minimum atomic E-state index is -3.24. The third-order valence-electron chi connectivity index (χ3n) is 2.35. The first-order chi connectivity index (χ1) is 9.42. The molecule has 0 aromatic carbocycles. The first kappa shape index (κ1) is 15.4. The van der Waals surface area contributed by atoms with Crippen LogP contribution in [0, 0.1) is 21.4 Å². The van der Waals surface area contributed by atoms with E-state index < -0.39 is 40.7 Å². The Morgan fingerprint density at radius 2 is 2.30 bits per heavy atom. The van der Waals surface area contributed by atoms with Gasteiger partial charge in [0.25, 0.3) is 6.43 Å². The summed E-state index contributed by atoms with van der Waals surface area (Å²) in [6.45, 7) is 1.55. The molecule has 0 aliphatic carbocycles. The summed E-state index contributed by atoms with van der Waals surface area (Å²) in [4.78, 5) is 24.2. The van der Waals surface area contributed by atoms with E-state index in [-0.39, 0.29) is 12.2 Å². The fourth-order valence-electron chi connectivity index (χ4n) is 1.57. The molecular weight excluding hydrogens is 276 g/mol. The lowest BCUT2D eigenvalue weighted by atomic mass is 10.0. The number of carbonyl (C=O) groups is 1. The van der Waals surface area contributed by atoms with Crippen LogP contribution in [-0.4, -0.2) is 22.5 Å². The third-order valence-corrected chi connectivity index (χ3v) is 2.35. The summed E-state index contributed by atoms with van der Waals surface area (Å²) in [5, 5.41) is 19.5. The van der Waals surface area contributed by atoms with E-state index in [1.165, 1.54) is 6.92 Å². The highest BCUT2D eigenvalue weighted by Gasteiger charge is 2.30. The van der Waals surface area contributed by atoms with Crippen molar-refractivity contribution in [2.24, 2.45) is 0 Å². The molecule has 1 aromatic heterocycles. The van der Waals surface area contributed by atoms with Gasteiger partial charge in [0.2, 0.25) is 0 Å². The van der Waals surface area contributed by atoms with Gasteiger partial charge in [0, 0.05) is 5.56 Å². The Hall–Kier alpha value is -2.63. The second-order valence-corrected chi connectivity index (χ2v) is 3.54. The fraction of sp³-hybridized carbons (Fsp3) is 0.364. The molecule has 0 radical (unpaired) electrons. The van der Waals surface area contributed by atoms with Gasteiger partial charge >= 0.3 is 11.8 Å². The number of nitriles is 1. The summed E-state index contributed by atoms with van der Waals surface area (Å²) in [6, 6.07) is 1.58. The van der Waals surface area contributed by atoms with Crippen LogP contribution in [0.1, 0.15) is 30.0 Å². The van der Waals surface area contributed by atoms with Crippen molar-refractivity contribution in [2.75, 3.05) is 6.61 Å². The number of hydrogen-bond donors (Lipinski definition) is 0. The van der Waals surface area contributed by atoms with Crippen molar-refractivity contribution in [3.63, 3.8) is 0 Å². The molecule has 1 aromatic rings. The van der Waals surface area contributed by atoms with Crippen molar-refractivity contribution in [2.45, 2.75) is 19.8 Å². The van der Waals surface area contributed by atoms with Crippen LogP contribution in [0.5, 0.6) is 0 Å². The van der Waals surface area contributed by atoms with Gasteiger partial charge in [-0.1, -0.05) is 0 Å². The number of rotatable bonds is 5. The Morgan fingerprint density at radius 1 is 1.65 bits per heavy atom. The zero-order valence-corrected chi connectivity index (χ0v) is 10.3. The smallest absolute Gasteiger partial charge is 0.372 e. The van der Waals surface area contributed by atoms with Crippen LogP contribution in [0.15, 0.2) is 6.20 Å². The number of alkyl halides is 2. The summed E-state index contributed by atoms with van der Waals surface area (Å²) in [5.41, 5.74) is -1.77. The van der Waals surface area contributed by atoms with E-state index in [9.17, 15) is 23.7 Å². The van der Waals surface area contributed by atoms with Crippen LogP contribution >= 0.6 is 0 Å². The number of aromatic nitrogens is 1. The molecule has 0 atom stereocenters. The van der Waals surface area contributed by atoms with Crippen LogP contribution < -0.4 is 0 Å². The topological polar surface area (TPSA) is 106 Å². The number of esters is 1. The first-order valence-electron chi connectivity index (χ1n) is 5.42. The largest absolute Gasteiger partial charge is 0.466 e. The highest BCUT2D eigenvalue weighted by atomic mass is 19.3. The summed E-state index contributed by atoms with van der Waals surface area (Å²) in [5.74, 6) is -1.93. The van der Waals surface area contributed by atoms with E-state index in [2.05, 4.69) is 9.72 Å². The maximum atomic E-state index is 13.0. The lowest BCUT2D eigenvalue weighted by Gasteiger charge is -2.09. The zero-order chi connectivity index (χ0) is 15.3. The molecule has 0 spiro atoms. The monoisotopic (exact) mass is 285 g/mol. The number of pyridine rings is 1. The van der Waals surface area contributed by atoms with Gasteiger partial charge in [-0.15, -0.1) is 0 Å². The molecule has 106 valence electrons. The predicted molar refractivity (Wildman–Crippen MR) is 60.9 cm³/mol. The summed E-state index contributed by atoms with van der Waals surface area (Å²) in [7, 11) is 0. The highest BCUT2D eigenvalue weighted by molar-refractivity contribution is 5.74. The molecule has 7 nitrogen and oxygen atoms in total. The molecule has 0 aliphatic rings. The van der Waals surface area contributed by atoms with Gasteiger partial charge in [-0.05, 0) is 16.8 Å². The minimum absolute atomic E-state index is 0.0257. The van der Waals surface area contributed by atoms with E-state index in [0.717, 1.165) is 6.20 Å². The predicted octanol–water partition coefficient (Wildman–Crippen LogP) is 1.90.